The van der Waals surface area contributed by atoms with Crippen LogP contribution in [0.15, 0.2) is 60.9 Å². The predicted molar refractivity (Wildman–Crippen MR) is 116 cm³/mol. The largest absolute Gasteiger partial charge is 0.398 e. The van der Waals surface area contributed by atoms with E-state index >= 15 is 0 Å². The van der Waals surface area contributed by atoms with Crippen LogP contribution in [0.1, 0.15) is 45.6 Å². The molecule has 0 radical (unpaired) electrons. The topological polar surface area (TPSA) is 102 Å². The van der Waals surface area contributed by atoms with Crippen LogP contribution in [0.4, 0.5) is 10.1 Å². The lowest BCUT2D eigenvalue weighted by Crippen LogP contribution is -2.43. The molecule has 1 heterocycles. The number of fused-ring (bicyclic) bond motifs is 1. The van der Waals surface area contributed by atoms with Gasteiger partial charge in [-0.15, -0.1) is 0 Å². The van der Waals surface area contributed by atoms with Crippen molar-refractivity contribution in [2.24, 2.45) is 5.73 Å². The average Bonchev–Trinajstić information content (AvgIpc) is 3.16. The van der Waals surface area contributed by atoms with Crippen molar-refractivity contribution >= 4 is 29.1 Å². The standard InChI is InChI=1S/C23H20ClFN4O2/c24-14-10-17-15(18(25)11-14)7-8-20(17)29(23(31)16-5-1-2-6-19(16)26)21(22(27)30)13-4-3-9-28-12-13/h1-6,9-12,20-21H,7-8,26H2,(H2,27,30)/t20-,21?/m1/s1. The Hall–Kier alpha value is -3.45. The van der Waals surface area contributed by atoms with E-state index in [1.165, 1.54) is 17.2 Å². The van der Waals surface area contributed by atoms with Crippen molar-refractivity contribution < 1.29 is 14.0 Å². The van der Waals surface area contributed by atoms with Crippen molar-refractivity contribution in [3.63, 3.8) is 0 Å². The lowest BCUT2D eigenvalue weighted by molar-refractivity contribution is -0.123. The first-order valence-electron chi connectivity index (χ1n) is 9.72. The van der Waals surface area contributed by atoms with Crippen LogP contribution in [-0.2, 0) is 11.2 Å². The highest BCUT2D eigenvalue weighted by atomic mass is 35.5. The van der Waals surface area contributed by atoms with Gasteiger partial charge in [-0.05, 0) is 54.3 Å². The Labute approximate surface area is 183 Å². The van der Waals surface area contributed by atoms with Crippen LogP contribution < -0.4 is 11.5 Å². The Morgan fingerprint density at radius 1 is 1.19 bits per heavy atom. The molecular formula is C23H20ClFN4O2. The first-order chi connectivity index (χ1) is 14.9. The van der Waals surface area contributed by atoms with E-state index < -0.39 is 29.7 Å². The van der Waals surface area contributed by atoms with Crippen molar-refractivity contribution in [2.45, 2.75) is 24.9 Å². The molecule has 0 aliphatic heterocycles. The number of aromatic nitrogens is 1. The molecule has 4 N–H and O–H groups in total. The fraction of sp³-hybridized carbons (Fsp3) is 0.174. The summed E-state index contributed by atoms with van der Waals surface area (Å²) in [5, 5.41) is 0.215. The van der Waals surface area contributed by atoms with Crippen LogP contribution in [-0.4, -0.2) is 21.7 Å². The molecule has 2 aromatic carbocycles. The third-order valence-electron chi connectivity index (χ3n) is 5.53. The number of rotatable bonds is 5. The molecular weight excluding hydrogens is 419 g/mol. The number of nitrogen functional groups attached to an aromatic ring is 1. The molecule has 2 atom stereocenters. The van der Waals surface area contributed by atoms with Crippen LogP contribution in [0.3, 0.4) is 0 Å². The molecule has 1 aliphatic carbocycles. The van der Waals surface area contributed by atoms with E-state index in [1.807, 2.05) is 0 Å². The molecule has 0 bridgehead atoms. The van der Waals surface area contributed by atoms with E-state index in [-0.39, 0.29) is 16.3 Å². The normalized spacial score (nSPS) is 15.9. The van der Waals surface area contributed by atoms with E-state index in [4.69, 9.17) is 23.1 Å². The third kappa shape index (κ3) is 3.84. The number of carbonyl (C=O) groups excluding carboxylic acids is 2. The molecule has 2 amide bonds. The van der Waals surface area contributed by atoms with Gasteiger partial charge in [0.2, 0.25) is 5.91 Å². The van der Waals surface area contributed by atoms with Crippen LogP contribution in [0.2, 0.25) is 5.02 Å². The number of nitrogens with two attached hydrogens (primary N) is 2. The first kappa shape index (κ1) is 20.8. The smallest absolute Gasteiger partial charge is 0.257 e. The minimum atomic E-state index is -1.13. The number of primary amides is 1. The van der Waals surface area contributed by atoms with Crippen molar-refractivity contribution in [1.82, 2.24) is 9.88 Å². The van der Waals surface area contributed by atoms with Gasteiger partial charge in [0.15, 0.2) is 0 Å². The zero-order valence-electron chi connectivity index (χ0n) is 16.5. The van der Waals surface area contributed by atoms with Gasteiger partial charge < -0.3 is 16.4 Å². The summed E-state index contributed by atoms with van der Waals surface area (Å²) in [5.41, 5.74) is 13.8. The summed E-state index contributed by atoms with van der Waals surface area (Å²) < 4.78 is 14.5. The van der Waals surface area contributed by atoms with Gasteiger partial charge in [0, 0.05) is 28.7 Å². The molecule has 4 rings (SSSR count). The summed E-state index contributed by atoms with van der Waals surface area (Å²) in [7, 11) is 0. The van der Waals surface area contributed by atoms with Crippen LogP contribution in [0.25, 0.3) is 0 Å². The lowest BCUT2D eigenvalue weighted by Gasteiger charge is -2.36. The zero-order chi connectivity index (χ0) is 22.1. The van der Waals surface area contributed by atoms with Crippen molar-refractivity contribution in [1.29, 1.82) is 0 Å². The Balaban J connectivity index is 1.90. The first-order valence-corrected chi connectivity index (χ1v) is 10.1. The molecule has 0 saturated heterocycles. The number of carbonyl (C=O) groups is 2. The second-order valence-corrected chi connectivity index (χ2v) is 7.84. The molecule has 3 aromatic rings. The zero-order valence-corrected chi connectivity index (χ0v) is 17.2. The number of benzene rings is 2. The maximum Gasteiger partial charge on any atom is 0.257 e. The highest BCUT2D eigenvalue weighted by molar-refractivity contribution is 6.30. The summed E-state index contributed by atoms with van der Waals surface area (Å²) in [6, 6.07) is 11.0. The second-order valence-electron chi connectivity index (χ2n) is 7.40. The number of hydrogen-bond donors (Lipinski definition) is 2. The average molecular weight is 439 g/mol. The maximum atomic E-state index is 14.5. The fourth-order valence-corrected chi connectivity index (χ4v) is 4.39. The highest BCUT2D eigenvalue weighted by Gasteiger charge is 2.40. The number of para-hydroxylation sites is 1. The second kappa shape index (κ2) is 8.35. The van der Waals surface area contributed by atoms with Crippen LogP contribution in [0, 0.1) is 5.82 Å². The van der Waals surface area contributed by atoms with Crippen molar-refractivity contribution in [2.75, 3.05) is 5.73 Å². The van der Waals surface area contributed by atoms with E-state index in [0.29, 0.717) is 29.5 Å². The summed E-state index contributed by atoms with van der Waals surface area (Å²) in [6.07, 6.45) is 3.85. The maximum absolute atomic E-state index is 14.5. The van der Waals surface area contributed by atoms with Crippen LogP contribution in [0.5, 0.6) is 0 Å². The highest BCUT2D eigenvalue weighted by Crippen LogP contribution is 2.43. The molecule has 1 unspecified atom stereocenters. The number of amides is 2. The van der Waals surface area contributed by atoms with Gasteiger partial charge in [-0.1, -0.05) is 29.8 Å². The van der Waals surface area contributed by atoms with Gasteiger partial charge in [0.1, 0.15) is 11.9 Å². The van der Waals surface area contributed by atoms with Gasteiger partial charge in [0.05, 0.1) is 11.6 Å². The number of halogens is 2. The molecule has 8 heteroatoms. The Morgan fingerprint density at radius 2 is 1.97 bits per heavy atom. The number of pyridine rings is 1. The summed E-state index contributed by atoms with van der Waals surface area (Å²) in [5.74, 6) is -1.65. The minimum Gasteiger partial charge on any atom is -0.398 e. The van der Waals surface area contributed by atoms with E-state index in [0.717, 1.165) is 0 Å². The number of hydrogen-bond acceptors (Lipinski definition) is 4. The van der Waals surface area contributed by atoms with E-state index in [2.05, 4.69) is 4.98 Å². The SMILES string of the molecule is NC(=O)C(c1cccnc1)N(C(=O)c1ccccc1N)[C@@H]1CCc2c(F)cc(Cl)cc21. The molecule has 0 saturated carbocycles. The lowest BCUT2D eigenvalue weighted by atomic mass is 9.98. The molecule has 0 spiro atoms. The third-order valence-corrected chi connectivity index (χ3v) is 5.75. The quantitative estimate of drug-likeness (QED) is 0.591. The summed E-state index contributed by atoms with van der Waals surface area (Å²) in [6.45, 7) is 0. The molecule has 31 heavy (non-hydrogen) atoms. The summed E-state index contributed by atoms with van der Waals surface area (Å²) >= 11 is 6.11. The Kier molecular flexibility index (Phi) is 5.61. The van der Waals surface area contributed by atoms with Gasteiger partial charge >= 0.3 is 0 Å². The van der Waals surface area contributed by atoms with Crippen LogP contribution >= 0.6 is 11.6 Å². The molecule has 1 aromatic heterocycles. The van der Waals surface area contributed by atoms with Gasteiger partial charge in [-0.3, -0.25) is 14.6 Å². The number of nitrogens with zero attached hydrogens (tertiary/aromatic N) is 2. The molecule has 1 aliphatic rings. The Morgan fingerprint density at radius 3 is 2.65 bits per heavy atom. The molecule has 0 fully saturated rings. The van der Waals surface area contributed by atoms with Gasteiger partial charge in [-0.25, -0.2) is 4.39 Å². The fourth-order valence-electron chi connectivity index (χ4n) is 4.18. The molecule has 158 valence electrons. The summed E-state index contributed by atoms with van der Waals surface area (Å²) in [4.78, 5) is 31.8. The van der Waals surface area contributed by atoms with Gasteiger partial charge in [0.25, 0.3) is 5.91 Å². The van der Waals surface area contributed by atoms with E-state index in [1.54, 1.807) is 48.7 Å². The van der Waals surface area contributed by atoms with Crippen molar-refractivity contribution in [3.05, 3.63) is 94.0 Å². The minimum absolute atomic E-state index is 0.215. The number of anilines is 1. The van der Waals surface area contributed by atoms with Gasteiger partial charge in [-0.2, -0.15) is 0 Å². The monoisotopic (exact) mass is 438 g/mol. The molecule has 6 nitrogen and oxygen atoms in total. The predicted octanol–water partition coefficient (Wildman–Crippen LogP) is 3.81. The Bertz CT molecular complexity index is 1160. The van der Waals surface area contributed by atoms with E-state index in [9.17, 15) is 14.0 Å². The van der Waals surface area contributed by atoms with Crippen molar-refractivity contribution in [3.8, 4) is 0 Å².